The summed E-state index contributed by atoms with van der Waals surface area (Å²) in [5.74, 6) is 0. The van der Waals surface area contributed by atoms with Gasteiger partial charge in [0.25, 0.3) is 0 Å². The van der Waals surface area contributed by atoms with E-state index in [0.29, 0.717) is 0 Å². The Labute approximate surface area is 119 Å². The summed E-state index contributed by atoms with van der Waals surface area (Å²) in [6, 6.07) is 13.1. The van der Waals surface area contributed by atoms with Crippen LogP contribution in [0.2, 0.25) is 0 Å². The van der Waals surface area contributed by atoms with Crippen LogP contribution in [0.3, 0.4) is 0 Å². The first-order chi connectivity index (χ1) is 9.43. The molecule has 0 fully saturated rings. The van der Waals surface area contributed by atoms with Crippen molar-refractivity contribution in [2.45, 2.75) is 19.4 Å². The number of aryl methyl sites for hydroxylation is 1. The third kappa shape index (κ3) is 3.17. The summed E-state index contributed by atoms with van der Waals surface area (Å²) >= 11 is 1.82. The Kier molecular flexibility index (Phi) is 4.16. The summed E-state index contributed by atoms with van der Waals surface area (Å²) in [6.07, 6.45) is 2.51. The molecular formula is C16H20N2S. The highest BCUT2D eigenvalue weighted by atomic mass is 32.1. The zero-order valence-corrected chi connectivity index (χ0v) is 12.0. The number of thiophene rings is 1. The zero-order chi connectivity index (χ0) is 12.9. The van der Waals surface area contributed by atoms with Crippen LogP contribution in [0, 0.1) is 0 Å². The maximum absolute atomic E-state index is 3.53. The summed E-state index contributed by atoms with van der Waals surface area (Å²) in [5.41, 5.74) is 2.94. The molecular weight excluding hydrogens is 252 g/mol. The fourth-order valence-corrected chi connectivity index (χ4v) is 3.36. The smallest absolute Gasteiger partial charge is 0.0399 e. The van der Waals surface area contributed by atoms with Crippen LogP contribution in [0.5, 0.6) is 0 Å². The van der Waals surface area contributed by atoms with Gasteiger partial charge < -0.3 is 10.2 Å². The van der Waals surface area contributed by atoms with E-state index in [0.717, 1.165) is 19.6 Å². The van der Waals surface area contributed by atoms with Crippen LogP contribution < -0.4 is 10.2 Å². The standard InChI is InChI=1S/C16H20N2S/c1-2-8-16-14(5-1)6-3-10-18(16)11-9-17-13-15-7-4-12-19-15/h1-2,4-5,7-8,12,17H,3,6,9-11,13H2. The van der Waals surface area contributed by atoms with Crippen LogP contribution in [-0.2, 0) is 13.0 Å². The van der Waals surface area contributed by atoms with E-state index in [2.05, 4.69) is 52.0 Å². The first-order valence-electron chi connectivity index (χ1n) is 6.99. The fourth-order valence-electron chi connectivity index (χ4n) is 2.68. The molecule has 1 aromatic heterocycles. The molecule has 0 spiro atoms. The summed E-state index contributed by atoms with van der Waals surface area (Å²) in [6.45, 7) is 4.33. The summed E-state index contributed by atoms with van der Waals surface area (Å²) in [4.78, 5) is 3.93. The average Bonchev–Trinajstić information content (AvgIpc) is 2.97. The number of para-hydroxylation sites is 1. The molecule has 1 N–H and O–H groups in total. The molecule has 1 aliphatic rings. The highest BCUT2D eigenvalue weighted by molar-refractivity contribution is 7.09. The van der Waals surface area contributed by atoms with Crippen LogP contribution in [0.15, 0.2) is 41.8 Å². The van der Waals surface area contributed by atoms with Crippen molar-refractivity contribution in [1.29, 1.82) is 0 Å². The Balaban J connectivity index is 1.51. The minimum Gasteiger partial charge on any atom is -0.370 e. The van der Waals surface area contributed by atoms with Crippen molar-refractivity contribution in [3.05, 3.63) is 52.2 Å². The second kappa shape index (κ2) is 6.22. The van der Waals surface area contributed by atoms with Gasteiger partial charge in [-0.05, 0) is 35.9 Å². The van der Waals surface area contributed by atoms with Gasteiger partial charge in [0.2, 0.25) is 0 Å². The number of hydrogen-bond donors (Lipinski definition) is 1. The zero-order valence-electron chi connectivity index (χ0n) is 11.1. The van der Waals surface area contributed by atoms with Crippen molar-refractivity contribution in [3.8, 4) is 0 Å². The van der Waals surface area contributed by atoms with E-state index in [1.807, 2.05) is 11.3 Å². The van der Waals surface area contributed by atoms with E-state index in [9.17, 15) is 0 Å². The van der Waals surface area contributed by atoms with Crippen molar-refractivity contribution in [2.24, 2.45) is 0 Å². The molecule has 2 aromatic rings. The van der Waals surface area contributed by atoms with Gasteiger partial charge in [0.1, 0.15) is 0 Å². The lowest BCUT2D eigenvalue weighted by Crippen LogP contribution is -2.35. The molecule has 0 atom stereocenters. The number of fused-ring (bicyclic) bond motifs is 1. The molecule has 1 aliphatic heterocycles. The van der Waals surface area contributed by atoms with Gasteiger partial charge in [-0.25, -0.2) is 0 Å². The number of rotatable bonds is 5. The number of nitrogens with zero attached hydrogens (tertiary/aromatic N) is 1. The third-order valence-electron chi connectivity index (χ3n) is 3.64. The van der Waals surface area contributed by atoms with Crippen molar-refractivity contribution < 1.29 is 0 Å². The van der Waals surface area contributed by atoms with E-state index < -0.39 is 0 Å². The molecule has 19 heavy (non-hydrogen) atoms. The Morgan fingerprint density at radius 1 is 1.16 bits per heavy atom. The Bertz CT molecular complexity index is 507. The van der Waals surface area contributed by atoms with Gasteiger partial charge in [-0.1, -0.05) is 24.3 Å². The SMILES string of the molecule is c1csc(CNCCN2CCCc3ccccc32)c1. The summed E-state index contributed by atoms with van der Waals surface area (Å²) < 4.78 is 0. The molecule has 0 saturated carbocycles. The lowest BCUT2D eigenvalue weighted by atomic mass is 10.0. The lowest BCUT2D eigenvalue weighted by Gasteiger charge is -2.31. The van der Waals surface area contributed by atoms with Gasteiger partial charge in [-0.3, -0.25) is 0 Å². The highest BCUT2D eigenvalue weighted by Crippen LogP contribution is 2.25. The largest absolute Gasteiger partial charge is 0.370 e. The second-order valence-corrected chi connectivity index (χ2v) is 6.01. The van der Waals surface area contributed by atoms with Crippen LogP contribution in [0.4, 0.5) is 5.69 Å². The molecule has 0 aliphatic carbocycles. The van der Waals surface area contributed by atoms with Gasteiger partial charge in [0.05, 0.1) is 0 Å². The second-order valence-electron chi connectivity index (χ2n) is 4.98. The highest BCUT2D eigenvalue weighted by Gasteiger charge is 2.15. The van der Waals surface area contributed by atoms with Crippen LogP contribution in [0.25, 0.3) is 0 Å². The maximum atomic E-state index is 3.53. The van der Waals surface area contributed by atoms with E-state index in [4.69, 9.17) is 0 Å². The van der Waals surface area contributed by atoms with Crippen LogP contribution in [-0.4, -0.2) is 19.6 Å². The van der Waals surface area contributed by atoms with E-state index >= 15 is 0 Å². The number of anilines is 1. The molecule has 2 heterocycles. The van der Waals surface area contributed by atoms with Gasteiger partial charge in [-0.15, -0.1) is 11.3 Å². The molecule has 3 heteroatoms. The number of hydrogen-bond acceptors (Lipinski definition) is 3. The van der Waals surface area contributed by atoms with Gasteiger partial charge in [0, 0.05) is 36.7 Å². The molecule has 3 rings (SSSR count). The van der Waals surface area contributed by atoms with E-state index in [-0.39, 0.29) is 0 Å². The molecule has 0 saturated heterocycles. The van der Waals surface area contributed by atoms with Crippen LogP contribution in [0.1, 0.15) is 16.9 Å². The van der Waals surface area contributed by atoms with Crippen molar-refractivity contribution in [3.63, 3.8) is 0 Å². The van der Waals surface area contributed by atoms with Gasteiger partial charge in [0.15, 0.2) is 0 Å². The predicted octanol–water partition coefficient (Wildman–Crippen LogP) is 3.29. The minimum absolute atomic E-state index is 0.993. The Hall–Kier alpha value is -1.32. The topological polar surface area (TPSA) is 15.3 Å². The average molecular weight is 272 g/mol. The molecule has 0 radical (unpaired) electrons. The normalized spacial score (nSPS) is 14.4. The van der Waals surface area contributed by atoms with Crippen molar-refractivity contribution in [1.82, 2.24) is 5.32 Å². The van der Waals surface area contributed by atoms with E-state index in [1.165, 1.54) is 35.5 Å². The minimum atomic E-state index is 0.993. The van der Waals surface area contributed by atoms with Crippen LogP contribution >= 0.6 is 11.3 Å². The maximum Gasteiger partial charge on any atom is 0.0399 e. The Morgan fingerprint density at radius 3 is 3.00 bits per heavy atom. The molecule has 1 aromatic carbocycles. The monoisotopic (exact) mass is 272 g/mol. The van der Waals surface area contributed by atoms with Crippen molar-refractivity contribution in [2.75, 3.05) is 24.5 Å². The van der Waals surface area contributed by atoms with E-state index in [1.54, 1.807) is 0 Å². The first-order valence-corrected chi connectivity index (χ1v) is 7.87. The molecule has 0 unspecified atom stereocenters. The molecule has 2 nitrogen and oxygen atoms in total. The van der Waals surface area contributed by atoms with Gasteiger partial charge >= 0.3 is 0 Å². The number of benzene rings is 1. The first kappa shape index (κ1) is 12.7. The third-order valence-corrected chi connectivity index (χ3v) is 4.52. The van der Waals surface area contributed by atoms with Crippen molar-refractivity contribution >= 4 is 17.0 Å². The fraction of sp³-hybridized carbons (Fsp3) is 0.375. The summed E-state index contributed by atoms with van der Waals surface area (Å²) in [5, 5.41) is 5.67. The molecule has 0 amide bonds. The molecule has 100 valence electrons. The Morgan fingerprint density at radius 2 is 2.11 bits per heavy atom. The molecule has 0 bridgehead atoms. The predicted molar refractivity (Wildman–Crippen MR) is 83.0 cm³/mol. The number of nitrogens with one attached hydrogen (secondary N) is 1. The lowest BCUT2D eigenvalue weighted by molar-refractivity contribution is 0.633. The quantitative estimate of drug-likeness (QED) is 0.840. The van der Waals surface area contributed by atoms with Gasteiger partial charge in [-0.2, -0.15) is 0 Å². The summed E-state index contributed by atoms with van der Waals surface area (Å²) in [7, 11) is 0.